The van der Waals surface area contributed by atoms with Gasteiger partial charge in [0, 0.05) is 17.7 Å². The van der Waals surface area contributed by atoms with Gasteiger partial charge in [-0.05, 0) is 86.4 Å². The number of hydrogen-bond acceptors (Lipinski definition) is 4. The Balaban J connectivity index is 1.49. The molecule has 0 aromatic heterocycles. The summed E-state index contributed by atoms with van der Waals surface area (Å²) in [7, 11) is 0. The van der Waals surface area contributed by atoms with E-state index in [-0.39, 0.29) is 5.60 Å². The van der Waals surface area contributed by atoms with Crippen molar-refractivity contribution in [3.8, 4) is 11.5 Å². The van der Waals surface area contributed by atoms with Crippen LogP contribution in [0.1, 0.15) is 49.4 Å². The van der Waals surface area contributed by atoms with Crippen LogP contribution >= 0.6 is 12.2 Å². The molecular formula is C28H31N3O2S. The molecule has 1 aliphatic rings. The maximum atomic E-state index is 6.20. The lowest BCUT2D eigenvalue weighted by molar-refractivity contribution is 0.111. The average Bonchev–Trinajstić information content (AvgIpc) is 2.82. The SMILES string of the molecule is CCc1ccc(NC(=S)NN=C2CC(C)(C)Oc3ccc(OCc4ccccc4C)cc32)cc1. The third kappa shape index (κ3) is 5.94. The average molecular weight is 474 g/mol. The van der Waals surface area contributed by atoms with Crippen molar-refractivity contribution in [1.29, 1.82) is 0 Å². The summed E-state index contributed by atoms with van der Waals surface area (Å²) in [4.78, 5) is 0. The molecule has 0 radical (unpaired) electrons. The minimum absolute atomic E-state index is 0.373. The van der Waals surface area contributed by atoms with Gasteiger partial charge in [0.2, 0.25) is 0 Å². The molecule has 1 heterocycles. The first kappa shape index (κ1) is 23.8. The highest BCUT2D eigenvalue weighted by Gasteiger charge is 2.31. The number of rotatable bonds is 6. The van der Waals surface area contributed by atoms with E-state index in [1.165, 1.54) is 11.1 Å². The van der Waals surface area contributed by atoms with Crippen LogP contribution in [0, 0.1) is 6.92 Å². The van der Waals surface area contributed by atoms with Crippen molar-refractivity contribution in [2.24, 2.45) is 5.10 Å². The van der Waals surface area contributed by atoms with Crippen molar-refractivity contribution in [3.63, 3.8) is 0 Å². The number of ether oxygens (including phenoxy) is 2. The maximum Gasteiger partial charge on any atom is 0.191 e. The van der Waals surface area contributed by atoms with Gasteiger partial charge < -0.3 is 14.8 Å². The minimum atomic E-state index is -0.373. The molecule has 0 spiro atoms. The Morgan fingerprint density at radius 3 is 2.59 bits per heavy atom. The van der Waals surface area contributed by atoms with Crippen molar-refractivity contribution in [2.75, 3.05) is 5.32 Å². The van der Waals surface area contributed by atoms with Crippen molar-refractivity contribution < 1.29 is 9.47 Å². The summed E-state index contributed by atoms with van der Waals surface area (Å²) in [5.74, 6) is 1.56. The van der Waals surface area contributed by atoms with Gasteiger partial charge in [-0.3, -0.25) is 5.43 Å². The zero-order valence-electron chi connectivity index (χ0n) is 20.1. The zero-order valence-corrected chi connectivity index (χ0v) is 21.0. The lowest BCUT2D eigenvalue weighted by atomic mass is 9.92. The van der Waals surface area contributed by atoms with E-state index >= 15 is 0 Å². The largest absolute Gasteiger partial charge is 0.489 e. The van der Waals surface area contributed by atoms with E-state index in [2.05, 4.69) is 67.8 Å². The first-order valence-corrected chi connectivity index (χ1v) is 12.0. The number of hydrazone groups is 1. The van der Waals surface area contributed by atoms with E-state index in [0.29, 0.717) is 18.1 Å². The lowest BCUT2D eigenvalue weighted by Gasteiger charge is -2.33. The standard InChI is InChI=1S/C28H31N3O2S/c1-5-20-10-12-22(13-11-20)29-27(34)31-30-25-17-28(3,4)33-26-15-14-23(16-24(25)26)32-18-21-9-7-6-8-19(21)2/h6-16H,5,17-18H2,1-4H3,(H2,29,31,34). The molecule has 34 heavy (non-hydrogen) atoms. The fourth-order valence-corrected chi connectivity index (χ4v) is 4.04. The number of thiocarbonyl (C=S) groups is 1. The molecule has 1 aliphatic heterocycles. The molecule has 4 rings (SSSR count). The first-order chi connectivity index (χ1) is 16.3. The molecule has 0 bridgehead atoms. The predicted molar refractivity (Wildman–Crippen MR) is 143 cm³/mol. The van der Waals surface area contributed by atoms with Crippen molar-refractivity contribution in [3.05, 3.63) is 89.0 Å². The van der Waals surface area contributed by atoms with Crippen LogP contribution in [0.25, 0.3) is 0 Å². The number of aryl methyl sites for hydroxylation is 2. The predicted octanol–water partition coefficient (Wildman–Crippen LogP) is 6.39. The molecule has 2 N–H and O–H groups in total. The van der Waals surface area contributed by atoms with Gasteiger partial charge in [0.15, 0.2) is 5.11 Å². The first-order valence-electron chi connectivity index (χ1n) is 11.6. The molecule has 0 amide bonds. The summed E-state index contributed by atoms with van der Waals surface area (Å²) < 4.78 is 12.3. The Kier molecular flexibility index (Phi) is 7.17. The minimum Gasteiger partial charge on any atom is -0.489 e. The molecule has 0 fully saturated rings. The quantitative estimate of drug-likeness (QED) is 0.321. The van der Waals surface area contributed by atoms with E-state index in [4.69, 9.17) is 21.7 Å². The summed E-state index contributed by atoms with van der Waals surface area (Å²) in [5.41, 5.74) is 8.99. The van der Waals surface area contributed by atoms with Crippen molar-refractivity contribution in [1.82, 2.24) is 5.43 Å². The molecule has 0 unspecified atom stereocenters. The Morgan fingerprint density at radius 1 is 1.09 bits per heavy atom. The van der Waals surface area contributed by atoms with Crippen LogP contribution < -0.4 is 20.2 Å². The van der Waals surface area contributed by atoms with Gasteiger partial charge in [-0.25, -0.2) is 0 Å². The van der Waals surface area contributed by atoms with E-state index < -0.39 is 0 Å². The van der Waals surface area contributed by atoms with Crippen LogP contribution in [0.4, 0.5) is 5.69 Å². The molecule has 3 aromatic carbocycles. The highest BCUT2D eigenvalue weighted by atomic mass is 32.1. The monoisotopic (exact) mass is 473 g/mol. The normalized spacial score (nSPS) is 15.2. The Bertz CT molecular complexity index is 1200. The van der Waals surface area contributed by atoms with Gasteiger partial charge in [-0.15, -0.1) is 0 Å². The second kappa shape index (κ2) is 10.3. The molecule has 5 nitrogen and oxygen atoms in total. The second-order valence-electron chi connectivity index (χ2n) is 9.09. The van der Waals surface area contributed by atoms with Gasteiger partial charge in [-0.1, -0.05) is 43.3 Å². The number of anilines is 1. The van der Waals surface area contributed by atoms with Crippen molar-refractivity contribution in [2.45, 2.75) is 52.7 Å². The second-order valence-corrected chi connectivity index (χ2v) is 9.49. The van der Waals surface area contributed by atoms with Crippen LogP contribution in [0.2, 0.25) is 0 Å². The Morgan fingerprint density at radius 2 is 1.85 bits per heavy atom. The fourth-order valence-electron chi connectivity index (χ4n) is 3.88. The number of nitrogens with zero attached hydrogens (tertiary/aromatic N) is 1. The van der Waals surface area contributed by atoms with E-state index in [1.807, 2.05) is 42.5 Å². The van der Waals surface area contributed by atoms with E-state index in [0.717, 1.165) is 40.4 Å². The maximum absolute atomic E-state index is 6.20. The third-order valence-corrected chi connectivity index (χ3v) is 6.00. The highest BCUT2D eigenvalue weighted by Crippen LogP contribution is 2.35. The number of nitrogens with one attached hydrogen (secondary N) is 2. The van der Waals surface area contributed by atoms with Crippen LogP contribution in [0.5, 0.6) is 11.5 Å². The lowest BCUT2D eigenvalue weighted by Crippen LogP contribution is -2.37. The summed E-state index contributed by atoms with van der Waals surface area (Å²) in [6.07, 6.45) is 1.65. The Hall–Kier alpha value is -3.38. The topological polar surface area (TPSA) is 54.9 Å². The van der Waals surface area contributed by atoms with Gasteiger partial charge in [0.1, 0.15) is 23.7 Å². The summed E-state index contributed by atoms with van der Waals surface area (Å²) in [6.45, 7) is 8.84. The van der Waals surface area contributed by atoms with E-state index in [9.17, 15) is 0 Å². The molecule has 6 heteroatoms. The van der Waals surface area contributed by atoms with Crippen LogP contribution in [-0.4, -0.2) is 16.4 Å². The molecule has 0 saturated heterocycles. The molecule has 176 valence electrons. The Labute approximate surface area is 207 Å². The summed E-state index contributed by atoms with van der Waals surface area (Å²) >= 11 is 5.47. The van der Waals surface area contributed by atoms with Crippen molar-refractivity contribution >= 4 is 28.7 Å². The smallest absolute Gasteiger partial charge is 0.191 e. The molecule has 0 saturated carbocycles. The van der Waals surface area contributed by atoms with Gasteiger partial charge in [0.05, 0.1) is 5.71 Å². The highest BCUT2D eigenvalue weighted by molar-refractivity contribution is 7.80. The number of fused-ring (bicyclic) bond motifs is 1. The van der Waals surface area contributed by atoms with Crippen LogP contribution in [0.3, 0.4) is 0 Å². The fraction of sp³-hybridized carbons (Fsp3) is 0.286. The molecule has 0 aliphatic carbocycles. The van der Waals surface area contributed by atoms with E-state index in [1.54, 1.807) is 0 Å². The number of hydrogen-bond donors (Lipinski definition) is 2. The van der Waals surface area contributed by atoms with Crippen LogP contribution in [-0.2, 0) is 13.0 Å². The number of benzene rings is 3. The van der Waals surface area contributed by atoms with Gasteiger partial charge in [-0.2, -0.15) is 5.10 Å². The molecule has 0 atom stereocenters. The summed E-state index contributed by atoms with van der Waals surface area (Å²) in [6, 6.07) is 22.3. The zero-order chi connectivity index (χ0) is 24.1. The van der Waals surface area contributed by atoms with Gasteiger partial charge >= 0.3 is 0 Å². The van der Waals surface area contributed by atoms with Crippen LogP contribution in [0.15, 0.2) is 71.8 Å². The molecular weight excluding hydrogens is 442 g/mol. The van der Waals surface area contributed by atoms with Gasteiger partial charge in [0.25, 0.3) is 0 Å². The third-order valence-electron chi connectivity index (χ3n) is 5.81. The molecule has 3 aromatic rings. The summed E-state index contributed by atoms with van der Waals surface area (Å²) in [5, 5.41) is 8.28.